The lowest BCUT2D eigenvalue weighted by Gasteiger charge is -2.03. The van der Waals surface area contributed by atoms with Crippen LogP contribution in [0.2, 0.25) is 0 Å². The molecule has 0 aliphatic rings. The van der Waals surface area contributed by atoms with Crippen molar-refractivity contribution >= 4 is 27.3 Å². The summed E-state index contributed by atoms with van der Waals surface area (Å²) in [6.45, 7) is 0.301. The minimum atomic E-state index is -0.332. The highest BCUT2D eigenvalue weighted by molar-refractivity contribution is 7.20. The summed E-state index contributed by atoms with van der Waals surface area (Å²) in [5.74, 6) is -0.911. The van der Waals surface area contributed by atoms with Gasteiger partial charge in [0.2, 0.25) is 0 Å². The third-order valence-electron chi connectivity index (χ3n) is 3.10. The second-order valence-corrected chi connectivity index (χ2v) is 5.66. The van der Waals surface area contributed by atoms with E-state index in [1.807, 2.05) is 0 Å². The van der Waals surface area contributed by atoms with Crippen molar-refractivity contribution in [2.24, 2.45) is 0 Å². The molecule has 0 bridgehead atoms. The first-order chi connectivity index (χ1) is 10.1. The van der Waals surface area contributed by atoms with Crippen LogP contribution in [0.4, 0.5) is 8.78 Å². The molecule has 21 heavy (non-hydrogen) atoms. The Kier molecular flexibility index (Phi) is 3.66. The zero-order valence-corrected chi connectivity index (χ0v) is 11.7. The Bertz CT molecular complexity index is 796. The largest absolute Gasteiger partial charge is 0.347 e. The second kappa shape index (κ2) is 5.61. The van der Waals surface area contributed by atoms with Gasteiger partial charge in [0.15, 0.2) is 0 Å². The number of hydrogen-bond donors (Lipinski definition) is 1. The molecular formula is C16H11F2NOS. The highest BCUT2D eigenvalue weighted by Gasteiger charge is 2.12. The molecule has 0 atom stereocenters. The van der Waals surface area contributed by atoms with Gasteiger partial charge in [0, 0.05) is 16.6 Å². The maximum absolute atomic E-state index is 13.6. The lowest BCUT2D eigenvalue weighted by molar-refractivity contribution is 0.0955. The van der Waals surface area contributed by atoms with E-state index in [0.29, 0.717) is 16.8 Å². The summed E-state index contributed by atoms with van der Waals surface area (Å²) >= 11 is 1.25. The number of hydrogen-bond acceptors (Lipinski definition) is 2. The second-order valence-electron chi connectivity index (χ2n) is 4.57. The molecule has 0 fully saturated rings. The first-order valence-corrected chi connectivity index (χ1v) is 7.16. The minimum Gasteiger partial charge on any atom is -0.347 e. The van der Waals surface area contributed by atoms with Gasteiger partial charge in [-0.1, -0.05) is 18.2 Å². The molecule has 0 saturated heterocycles. The molecule has 1 aromatic heterocycles. The van der Waals surface area contributed by atoms with Crippen molar-refractivity contribution in [2.75, 3.05) is 0 Å². The quantitative estimate of drug-likeness (QED) is 0.775. The molecule has 0 unspecified atom stereocenters. The van der Waals surface area contributed by atoms with Gasteiger partial charge in [-0.15, -0.1) is 11.3 Å². The summed E-state index contributed by atoms with van der Waals surface area (Å²) in [6.07, 6.45) is 0. The Morgan fingerprint density at radius 2 is 1.86 bits per heavy atom. The Morgan fingerprint density at radius 1 is 1.10 bits per heavy atom. The van der Waals surface area contributed by atoms with Crippen molar-refractivity contribution < 1.29 is 13.6 Å². The van der Waals surface area contributed by atoms with Gasteiger partial charge in [-0.05, 0) is 35.9 Å². The number of rotatable bonds is 3. The van der Waals surface area contributed by atoms with E-state index in [9.17, 15) is 13.6 Å². The summed E-state index contributed by atoms with van der Waals surface area (Å²) in [5, 5.41) is 3.19. The van der Waals surface area contributed by atoms with Gasteiger partial charge < -0.3 is 5.32 Å². The molecule has 2 nitrogen and oxygen atoms in total. The molecular weight excluding hydrogens is 292 g/mol. The predicted octanol–water partition coefficient (Wildman–Crippen LogP) is 4.11. The normalized spacial score (nSPS) is 10.8. The molecule has 0 saturated carbocycles. The van der Waals surface area contributed by atoms with Gasteiger partial charge >= 0.3 is 0 Å². The van der Waals surface area contributed by atoms with Crippen LogP contribution in [0.25, 0.3) is 10.1 Å². The molecule has 2 aromatic carbocycles. The van der Waals surface area contributed by atoms with E-state index in [0.717, 1.165) is 10.3 Å². The summed E-state index contributed by atoms with van der Waals surface area (Å²) in [4.78, 5) is 12.5. The average molecular weight is 303 g/mol. The van der Waals surface area contributed by atoms with Crippen molar-refractivity contribution in [2.45, 2.75) is 6.54 Å². The van der Waals surface area contributed by atoms with E-state index in [1.54, 1.807) is 30.3 Å². The third kappa shape index (κ3) is 2.92. The Labute approximate surface area is 124 Å². The molecule has 0 spiro atoms. The van der Waals surface area contributed by atoms with Crippen LogP contribution < -0.4 is 5.32 Å². The van der Waals surface area contributed by atoms with Crippen molar-refractivity contribution in [1.82, 2.24) is 5.32 Å². The molecule has 0 radical (unpaired) electrons. The summed E-state index contributed by atoms with van der Waals surface area (Å²) in [7, 11) is 0. The maximum Gasteiger partial charge on any atom is 0.261 e. The van der Waals surface area contributed by atoms with E-state index in [2.05, 4.69) is 5.32 Å². The topological polar surface area (TPSA) is 29.1 Å². The van der Waals surface area contributed by atoms with Crippen LogP contribution >= 0.6 is 11.3 Å². The van der Waals surface area contributed by atoms with E-state index < -0.39 is 0 Å². The van der Waals surface area contributed by atoms with E-state index in [-0.39, 0.29) is 17.5 Å². The van der Waals surface area contributed by atoms with Crippen LogP contribution in [-0.4, -0.2) is 5.91 Å². The van der Waals surface area contributed by atoms with Crippen molar-refractivity contribution in [1.29, 1.82) is 0 Å². The number of benzene rings is 2. The molecule has 3 rings (SSSR count). The fourth-order valence-corrected chi connectivity index (χ4v) is 3.00. The maximum atomic E-state index is 13.6. The fraction of sp³-hybridized carbons (Fsp3) is 0.0625. The first-order valence-electron chi connectivity index (χ1n) is 6.34. The van der Waals surface area contributed by atoms with Gasteiger partial charge in [-0.25, -0.2) is 8.78 Å². The van der Waals surface area contributed by atoms with Crippen LogP contribution in [0.15, 0.2) is 48.5 Å². The van der Waals surface area contributed by atoms with Crippen LogP contribution in [0.1, 0.15) is 15.2 Å². The van der Waals surface area contributed by atoms with Crippen molar-refractivity contribution in [3.63, 3.8) is 0 Å². The zero-order chi connectivity index (χ0) is 14.8. The number of nitrogens with one attached hydrogen (secondary N) is 1. The molecule has 0 aliphatic heterocycles. The highest BCUT2D eigenvalue weighted by Crippen LogP contribution is 2.27. The van der Waals surface area contributed by atoms with Crippen LogP contribution in [0.5, 0.6) is 0 Å². The molecule has 1 amide bonds. The lowest BCUT2D eigenvalue weighted by atomic mass is 10.2. The molecule has 106 valence electrons. The molecule has 1 heterocycles. The van der Waals surface area contributed by atoms with Crippen LogP contribution in [0.3, 0.4) is 0 Å². The number of amides is 1. The Balaban J connectivity index is 1.75. The summed E-state index contributed by atoms with van der Waals surface area (Å²) in [6, 6.07) is 12.2. The SMILES string of the molecule is O=C(NCc1ccc(F)cc1)c1cc2c(F)cccc2s1. The standard InChI is InChI=1S/C16H11F2NOS/c17-11-6-4-10(5-7-11)9-19-16(20)15-8-12-13(18)2-1-3-14(12)21-15/h1-8H,9H2,(H,19,20). The van der Waals surface area contributed by atoms with Crippen molar-refractivity contribution in [3.05, 3.63) is 70.6 Å². The molecule has 5 heteroatoms. The minimum absolute atomic E-state index is 0.264. The highest BCUT2D eigenvalue weighted by atomic mass is 32.1. The third-order valence-corrected chi connectivity index (χ3v) is 4.20. The fourth-order valence-electron chi connectivity index (χ4n) is 2.01. The zero-order valence-electron chi connectivity index (χ0n) is 10.9. The summed E-state index contributed by atoms with van der Waals surface area (Å²) < 4.78 is 27.1. The monoisotopic (exact) mass is 303 g/mol. The van der Waals surface area contributed by atoms with E-state index in [4.69, 9.17) is 0 Å². The molecule has 0 aliphatic carbocycles. The molecule has 1 N–H and O–H groups in total. The lowest BCUT2D eigenvalue weighted by Crippen LogP contribution is -2.21. The van der Waals surface area contributed by atoms with Gasteiger partial charge in [0.05, 0.1) is 4.88 Å². The van der Waals surface area contributed by atoms with E-state index in [1.165, 1.54) is 29.5 Å². The van der Waals surface area contributed by atoms with Gasteiger partial charge in [0.25, 0.3) is 5.91 Å². The Morgan fingerprint density at radius 3 is 2.57 bits per heavy atom. The number of halogens is 2. The van der Waals surface area contributed by atoms with Crippen LogP contribution in [0, 0.1) is 11.6 Å². The van der Waals surface area contributed by atoms with Gasteiger partial charge in [-0.2, -0.15) is 0 Å². The Hall–Kier alpha value is -2.27. The van der Waals surface area contributed by atoms with Crippen LogP contribution in [-0.2, 0) is 6.54 Å². The van der Waals surface area contributed by atoms with Gasteiger partial charge in [-0.3, -0.25) is 4.79 Å². The number of carbonyl (C=O) groups is 1. The molecule has 3 aromatic rings. The average Bonchev–Trinajstić information content (AvgIpc) is 2.92. The van der Waals surface area contributed by atoms with Gasteiger partial charge in [0.1, 0.15) is 11.6 Å². The van der Waals surface area contributed by atoms with Crippen molar-refractivity contribution in [3.8, 4) is 0 Å². The smallest absolute Gasteiger partial charge is 0.261 e. The predicted molar refractivity (Wildman–Crippen MR) is 79.4 cm³/mol. The number of fused-ring (bicyclic) bond motifs is 1. The number of thiophene rings is 1. The van der Waals surface area contributed by atoms with E-state index >= 15 is 0 Å². The first kappa shape index (κ1) is 13.7. The number of carbonyl (C=O) groups excluding carboxylic acids is 1. The summed E-state index contributed by atoms with van der Waals surface area (Å²) in [5.41, 5.74) is 0.803.